The van der Waals surface area contributed by atoms with Crippen molar-refractivity contribution in [3.05, 3.63) is 0 Å². The molecule has 2 bridgehead atoms. The molecule has 5 aliphatic rings. The molecule has 7 atom stereocenters. The van der Waals surface area contributed by atoms with E-state index in [4.69, 9.17) is 0 Å². The topological polar surface area (TPSA) is 60.7 Å². The molecule has 0 radical (unpaired) electrons. The van der Waals surface area contributed by atoms with Crippen LogP contribution in [0.2, 0.25) is 0 Å². The Hall–Kier alpha value is -0.120. The summed E-state index contributed by atoms with van der Waals surface area (Å²) in [7, 11) is 0. The second kappa shape index (κ2) is 4.74. The first-order chi connectivity index (χ1) is 10.7. The van der Waals surface area contributed by atoms with Crippen molar-refractivity contribution >= 4 is 0 Å². The molecule has 1 spiro atoms. The maximum Gasteiger partial charge on any atom is 0.0910 e. The maximum absolute atomic E-state index is 10.9. The van der Waals surface area contributed by atoms with Gasteiger partial charge < -0.3 is 15.3 Å². The van der Waals surface area contributed by atoms with Gasteiger partial charge in [-0.2, -0.15) is 0 Å². The second-order valence-electron chi connectivity index (χ2n) is 10.3. The van der Waals surface area contributed by atoms with Crippen LogP contribution >= 0.6 is 0 Å². The fourth-order valence-corrected chi connectivity index (χ4v) is 7.91. The van der Waals surface area contributed by atoms with E-state index in [9.17, 15) is 15.3 Å². The first-order valence-electron chi connectivity index (χ1n) is 9.69. The van der Waals surface area contributed by atoms with Gasteiger partial charge in [-0.25, -0.2) is 0 Å². The third-order valence-corrected chi connectivity index (χ3v) is 9.18. The normalized spacial score (nSPS) is 57.7. The molecule has 0 aliphatic heterocycles. The van der Waals surface area contributed by atoms with Crippen LogP contribution in [0.3, 0.4) is 0 Å². The van der Waals surface area contributed by atoms with Crippen LogP contribution in [0.25, 0.3) is 0 Å². The van der Waals surface area contributed by atoms with Crippen LogP contribution in [0.1, 0.15) is 72.1 Å². The lowest BCUT2D eigenvalue weighted by Crippen LogP contribution is -2.66. The fraction of sp³-hybridized carbons (Fsp3) is 1.00. The highest BCUT2D eigenvalue weighted by molar-refractivity contribution is 5.17. The van der Waals surface area contributed by atoms with Crippen LogP contribution in [0.4, 0.5) is 0 Å². The molecule has 0 saturated heterocycles. The summed E-state index contributed by atoms with van der Waals surface area (Å²) in [6.07, 6.45) is 8.40. The minimum absolute atomic E-state index is 0.00141. The second-order valence-corrected chi connectivity index (χ2v) is 10.3. The molecule has 3 heteroatoms. The van der Waals surface area contributed by atoms with E-state index in [2.05, 4.69) is 20.8 Å². The third kappa shape index (κ3) is 1.93. The maximum atomic E-state index is 10.9. The van der Waals surface area contributed by atoms with Gasteiger partial charge in [0.15, 0.2) is 0 Å². The summed E-state index contributed by atoms with van der Waals surface area (Å²) in [6, 6.07) is 0. The van der Waals surface area contributed by atoms with Crippen molar-refractivity contribution < 1.29 is 15.3 Å². The number of hydrogen-bond donors (Lipinski definition) is 3. The van der Waals surface area contributed by atoms with E-state index < -0.39 is 5.60 Å². The van der Waals surface area contributed by atoms with Crippen molar-refractivity contribution in [2.75, 3.05) is 6.61 Å². The molecule has 132 valence electrons. The summed E-state index contributed by atoms with van der Waals surface area (Å²) in [5.41, 5.74) is -0.313. The van der Waals surface area contributed by atoms with Gasteiger partial charge in [-0.05, 0) is 85.4 Å². The average Bonchev–Trinajstić information content (AvgIpc) is 2.51. The zero-order chi connectivity index (χ0) is 16.7. The molecular weight excluding hydrogens is 288 g/mol. The fourth-order valence-electron chi connectivity index (χ4n) is 7.91. The minimum Gasteiger partial charge on any atom is -0.393 e. The predicted octanol–water partition coefficient (Wildman–Crippen LogP) is 3.11. The van der Waals surface area contributed by atoms with Crippen molar-refractivity contribution in [2.24, 2.45) is 34.0 Å². The van der Waals surface area contributed by atoms with Crippen molar-refractivity contribution in [1.29, 1.82) is 0 Å². The van der Waals surface area contributed by atoms with Gasteiger partial charge in [-0.1, -0.05) is 20.8 Å². The molecule has 3 N–H and O–H groups in total. The van der Waals surface area contributed by atoms with E-state index in [1.54, 1.807) is 0 Å². The van der Waals surface area contributed by atoms with Gasteiger partial charge in [0.05, 0.1) is 18.3 Å². The lowest BCUT2D eigenvalue weighted by molar-refractivity contribution is -0.252. The van der Waals surface area contributed by atoms with E-state index in [0.717, 1.165) is 32.1 Å². The zero-order valence-electron chi connectivity index (χ0n) is 15.0. The van der Waals surface area contributed by atoms with Gasteiger partial charge in [0, 0.05) is 0 Å². The Labute approximate surface area is 140 Å². The van der Waals surface area contributed by atoms with Gasteiger partial charge >= 0.3 is 0 Å². The highest BCUT2D eigenvalue weighted by Gasteiger charge is 2.67. The van der Waals surface area contributed by atoms with Crippen molar-refractivity contribution in [2.45, 2.75) is 83.8 Å². The number of aliphatic hydroxyl groups excluding tert-OH is 2. The molecule has 0 heterocycles. The van der Waals surface area contributed by atoms with Crippen molar-refractivity contribution in [3.8, 4) is 0 Å². The van der Waals surface area contributed by atoms with Gasteiger partial charge in [0.2, 0.25) is 0 Å². The minimum atomic E-state index is -0.832. The smallest absolute Gasteiger partial charge is 0.0910 e. The van der Waals surface area contributed by atoms with Crippen LogP contribution in [0.15, 0.2) is 0 Å². The Kier molecular flexibility index (Phi) is 3.37. The number of rotatable bonds is 1. The Morgan fingerprint density at radius 3 is 2.35 bits per heavy atom. The van der Waals surface area contributed by atoms with Gasteiger partial charge in [0.1, 0.15) is 0 Å². The highest BCUT2D eigenvalue weighted by atomic mass is 16.3. The van der Waals surface area contributed by atoms with Crippen LogP contribution in [0, 0.1) is 34.0 Å². The summed E-state index contributed by atoms with van der Waals surface area (Å²) < 4.78 is 0. The SMILES string of the molecule is CC1(C)[C@@H](O)CC[C@@]2(C)[C@H]1CC[C@]13CC[C@H](C[C@@H]12)[C@@](O)(CO)C3. The summed E-state index contributed by atoms with van der Waals surface area (Å²) >= 11 is 0. The van der Waals surface area contributed by atoms with E-state index in [1.807, 2.05) is 0 Å². The van der Waals surface area contributed by atoms with Crippen LogP contribution in [-0.4, -0.2) is 33.6 Å². The quantitative estimate of drug-likeness (QED) is 0.695. The van der Waals surface area contributed by atoms with Gasteiger partial charge in [0.25, 0.3) is 0 Å². The average molecular weight is 322 g/mol. The predicted molar refractivity (Wildman–Crippen MR) is 89.8 cm³/mol. The van der Waals surface area contributed by atoms with E-state index in [1.165, 1.54) is 19.3 Å². The Balaban J connectivity index is 1.72. The zero-order valence-corrected chi connectivity index (χ0v) is 15.0. The first kappa shape index (κ1) is 16.4. The highest BCUT2D eigenvalue weighted by Crippen LogP contribution is 2.72. The molecule has 0 aromatic heterocycles. The van der Waals surface area contributed by atoms with E-state index in [0.29, 0.717) is 11.8 Å². The Bertz CT molecular complexity index is 503. The molecule has 0 unspecified atom stereocenters. The lowest BCUT2D eigenvalue weighted by atomic mass is 9.35. The lowest BCUT2D eigenvalue weighted by Gasteiger charge is -2.70. The molecule has 0 aromatic rings. The van der Waals surface area contributed by atoms with Crippen LogP contribution in [-0.2, 0) is 0 Å². The Morgan fingerprint density at radius 2 is 1.65 bits per heavy atom. The van der Waals surface area contributed by atoms with Crippen molar-refractivity contribution in [3.63, 3.8) is 0 Å². The van der Waals surface area contributed by atoms with Crippen LogP contribution in [0.5, 0.6) is 0 Å². The third-order valence-electron chi connectivity index (χ3n) is 9.18. The molecule has 5 aliphatic carbocycles. The summed E-state index contributed by atoms with van der Waals surface area (Å²) in [4.78, 5) is 0. The van der Waals surface area contributed by atoms with E-state index >= 15 is 0 Å². The number of fused-ring (bicyclic) bond motifs is 3. The number of hydrogen-bond acceptors (Lipinski definition) is 3. The Morgan fingerprint density at radius 1 is 0.957 bits per heavy atom. The molecule has 5 fully saturated rings. The van der Waals surface area contributed by atoms with Gasteiger partial charge in [-0.15, -0.1) is 0 Å². The molecule has 23 heavy (non-hydrogen) atoms. The number of aliphatic hydroxyl groups is 3. The molecule has 0 aromatic carbocycles. The van der Waals surface area contributed by atoms with Crippen LogP contribution < -0.4 is 0 Å². The van der Waals surface area contributed by atoms with Gasteiger partial charge in [-0.3, -0.25) is 0 Å². The van der Waals surface area contributed by atoms with Crippen molar-refractivity contribution in [1.82, 2.24) is 0 Å². The van der Waals surface area contributed by atoms with E-state index in [-0.39, 0.29) is 34.9 Å². The molecular formula is C20H34O3. The largest absolute Gasteiger partial charge is 0.393 e. The summed E-state index contributed by atoms with van der Waals surface area (Å²) in [5.74, 6) is 1.51. The summed E-state index contributed by atoms with van der Waals surface area (Å²) in [6.45, 7) is 6.94. The summed E-state index contributed by atoms with van der Waals surface area (Å²) in [5, 5.41) is 31.3. The molecule has 3 nitrogen and oxygen atoms in total. The first-order valence-corrected chi connectivity index (χ1v) is 9.69. The molecule has 5 saturated carbocycles. The monoisotopic (exact) mass is 322 g/mol. The standard InChI is InChI=1S/C20H34O3/c1-17(2)14-5-9-19-8-4-13(20(23,11-19)12-21)10-15(19)18(14,3)7-6-16(17)22/h13-16,21-23H,4-12H2,1-3H3/t13-,14+,15-,16+,18+,19+,20+/m1/s1. The molecule has 0 amide bonds. The molecule has 5 rings (SSSR count).